The number of aromatic nitrogens is 1. The van der Waals surface area contributed by atoms with Gasteiger partial charge in [0.15, 0.2) is 0 Å². The first-order valence-electron chi connectivity index (χ1n) is 14.7. The summed E-state index contributed by atoms with van der Waals surface area (Å²) >= 11 is 3.51. The summed E-state index contributed by atoms with van der Waals surface area (Å²) in [6.07, 6.45) is 7.54. The molecular weight excluding hydrogens is 578 g/mol. The minimum absolute atomic E-state index is 0.00278. The second-order valence-electron chi connectivity index (χ2n) is 12.1. The number of amides is 2. The molecule has 0 saturated heterocycles. The van der Waals surface area contributed by atoms with Gasteiger partial charge < -0.3 is 19.1 Å². The van der Waals surface area contributed by atoms with E-state index in [1.54, 1.807) is 12.0 Å². The lowest BCUT2D eigenvalue weighted by molar-refractivity contribution is -0.136. The molecule has 0 unspecified atom stereocenters. The Morgan fingerprint density at radius 2 is 1.66 bits per heavy atom. The molecule has 2 amide bonds. The monoisotopic (exact) mass is 621 g/mol. The summed E-state index contributed by atoms with van der Waals surface area (Å²) in [6, 6.07) is 20.4. The molecule has 220 valence electrons. The van der Waals surface area contributed by atoms with Gasteiger partial charge in [0.1, 0.15) is 6.54 Å². The molecule has 41 heavy (non-hydrogen) atoms. The molecule has 1 aromatic heterocycles. The second-order valence-corrected chi connectivity index (χ2v) is 13.0. The third-order valence-corrected chi connectivity index (χ3v) is 8.56. The van der Waals surface area contributed by atoms with Crippen molar-refractivity contribution in [2.75, 3.05) is 26.8 Å². The molecule has 1 aliphatic carbocycles. The molecule has 1 aliphatic rings. The first-order chi connectivity index (χ1) is 19.7. The first kappa shape index (κ1) is 31.0. The molecule has 7 heteroatoms. The largest absolute Gasteiger partial charge is 0.383 e. The molecule has 0 radical (unpaired) electrons. The molecule has 1 heterocycles. The Hall–Kier alpha value is -2.90. The zero-order valence-corrected chi connectivity index (χ0v) is 26.5. The van der Waals surface area contributed by atoms with E-state index in [9.17, 15) is 9.59 Å². The highest BCUT2D eigenvalue weighted by Gasteiger charge is 2.29. The van der Waals surface area contributed by atoms with Gasteiger partial charge in [0.25, 0.3) is 5.91 Å². The summed E-state index contributed by atoms with van der Waals surface area (Å²) in [5, 5.41) is 0. The van der Waals surface area contributed by atoms with E-state index in [1.165, 1.54) is 17.5 Å². The van der Waals surface area contributed by atoms with Crippen LogP contribution in [0.5, 0.6) is 0 Å². The maximum Gasteiger partial charge on any atom is 0.254 e. The van der Waals surface area contributed by atoms with Crippen molar-refractivity contribution in [3.05, 3.63) is 93.7 Å². The zero-order valence-electron chi connectivity index (χ0n) is 24.9. The van der Waals surface area contributed by atoms with Gasteiger partial charge in [-0.25, -0.2) is 0 Å². The summed E-state index contributed by atoms with van der Waals surface area (Å²) in [5.74, 6) is -0.151. The van der Waals surface area contributed by atoms with Gasteiger partial charge >= 0.3 is 0 Å². The number of rotatable bonds is 11. The molecule has 6 nitrogen and oxygen atoms in total. The summed E-state index contributed by atoms with van der Waals surface area (Å²) in [7, 11) is 1.62. The van der Waals surface area contributed by atoms with Gasteiger partial charge in [-0.15, -0.1) is 0 Å². The van der Waals surface area contributed by atoms with Gasteiger partial charge in [-0.1, -0.05) is 80.2 Å². The molecule has 1 saturated carbocycles. The quantitative estimate of drug-likeness (QED) is 0.231. The number of hydrogen-bond acceptors (Lipinski definition) is 3. The number of carbonyl (C=O) groups is 2. The van der Waals surface area contributed by atoms with Crippen molar-refractivity contribution in [2.45, 2.75) is 77.4 Å². The fourth-order valence-corrected chi connectivity index (χ4v) is 5.79. The van der Waals surface area contributed by atoms with Crippen LogP contribution in [0.2, 0.25) is 0 Å². The van der Waals surface area contributed by atoms with Crippen molar-refractivity contribution < 1.29 is 14.3 Å². The second kappa shape index (κ2) is 14.3. The van der Waals surface area contributed by atoms with Crippen LogP contribution < -0.4 is 0 Å². The minimum atomic E-state index is -0.141. The molecule has 0 atom stereocenters. The highest BCUT2D eigenvalue weighted by atomic mass is 79.9. The van der Waals surface area contributed by atoms with Gasteiger partial charge in [-0.05, 0) is 65.8 Å². The Morgan fingerprint density at radius 1 is 0.976 bits per heavy atom. The summed E-state index contributed by atoms with van der Waals surface area (Å²) in [6.45, 7) is 8.50. The fourth-order valence-electron chi connectivity index (χ4n) is 5.53. The first-order valence-corrected chi connectivity index (χ1v) is 15.5. The van der Waals surface area contributed by atoms with Crippen molar-refractivity contribution in [1.29, 1.82) is 0 Å². The maximum absolute atomic E-state index is 14.0. The van der Waals surface area contributed by atoms with Crippen LogP contribution in [-0.2, 0) is 28.0 Å². The van der Waals surface area contributed by atoms with Crippen LogP contribution >= 0.6 is 15.9 Å². The standard InChI is InChI=1S/C34H44BrN3O3/c1-34(2,3)28-16-14-27(15-17-28)33(40)37(21-22-41-4)25-32(39)38(30-9-6-5-7-10-30)24-31-11-8-20-36(31)23-26-12-18-29(35)19-13-26/h8,11-20,30H,5-7,9-10,21-25H2,1-4H3. The average molecular weight is 623 g/mol. The summed E-state index contributed by atoms with van der Waals surface area (Å²) in [5.41, 5.74) is 4.06. The number of nitrogens with zero attached hydrogens (tertiary/aromatic N) is 3. The Morgan fingerprint density at radius 3 is 2.29 bits per heavy atom. The molecular formula is C34H44BrN3O3. The van der Waals surface area contributed by atoms with Crippen LogP contribution in [0.3, 0.4) is 0 Å². The lowest BCUT2D eigenvalue weighted by Crippen LogP contribution is -2.48. The van der Waals surface area contributed by atoms with E-state index in [2.05, 4.69) is 77.8 Å². The van der Waals surface area contributed by atoms with Crippen molar-refractivity contribution in [3.63, 3.8) is 0 Å². The van der Waals surface area contributed by atoms with Crippen LogP contribution in [0.1, 0.15) is 80.1 Å². The lowest BCUT2D eigenvalue weighted by atomic mass is 9.86. The third-order valence-electron chi connectivity index (χ3n) is 8.03. The van der Waals surface area contributed by atoms with E-state index in [0.717, 1.165) is 42.4 Å². The van der Waals surface area contributed by atoms with Crippen molar-refractivity contribution in [3.8, 4) is 0 Å². The van der Waals surface area contributed by atoms with Crippen LogP contribution in [0.25, 0.3) is 0 Å². The Balaban J connectivity index is 1.54. The number of hydrogen-bond donors (Lipinski definition) is 0. The Labute approximate surface area is 253 Å². The molecule has 0 aliphatic heterocycles. The number of halogens is 1. The molecule has 2 aromatic carbocycles. The van der Waals surface area contributed by atoms with Crippen LogP contribution in [0, 0.1) is 0 Å². The van der Waals surface area contributed by atoms with Gasteiger partial charge in [0.05, 0.1) is 13.2 Å². The van der Waals surface area contributed by atoms with Gasteiger partial charge in [0, 0.05) is 48.2 Å². The Kier molecular flexibility index (Phi) is 10.8. The molecule has 0 N–H and O–H groups in total. The summed E-state index contributed by atoms with van der Waals surface area (Å²) < 4.78 is 8.60. The number of benzene rings is 2. The van der Waals surface area contributed by atoms with E-state index in [-0.39, 0.29) is 29.8 Å². The topological polar surface area (TPSA) is 54.8 Å². The normalized spacial score (nSPS) is 14.2. The van der Waals surface area contributed by atoms with E-state index in [0.29, 0.717) is 25.3 Å². The number of ether oxygens (including phenoxy) is 1. The van der Waals surface area contributed by atoms with Gasteiger partial charge in [-0.3, -0.25) is 9.59 Å². The number of methoxy groups -OCH3 is 1. The fraction of sp³-hybridized carbons (Fsp3) is 0.471. The van der Waals surface area contributed by atoms with Crippen molar-refractivity contribution in [1.82, 2.24) is 14.4 Å². The molecule has 4 rings (SSSR count). The minimum Gasteiger partial charge on any atom is -0.383 e. The van der Waals surface area contributed by atoms with E-state index in [1.807, 2.05) is 35.2 Å². The SMILES string of the molecule is COCCN(CC(=O)N(Cc1cccn1Cc1ccc(Br)cc1)C1CCCCC1)C(=O)c1ccc(C(C)(C)C)cc1. The van der Waals surface area contributed by atoms with E-state index < -0.39 is 0 Å². The summed E-state index contributed by atoms with van der Waals surface area (Å²) in [4.78, 5) is 31.4. The molecule has 0 spiro atoms. The van der Waals surface area contributed by atoms with E-state index >= 15 is 0 Å². The smallest absolute Gasteiger partial charge is 0.254 e. The predicted octanol–water partition coefficient (Wildman–Crippen LogP) is 7.05. The maximum atomic E-state index is 14.0. The van der Waals surface area contributed by atoms with E-state index in [4.69, 9.17) is 4.74 Å². The molecule has 1 fully saturated rings. The van der Waals surface area contributed by atoms with Crippen molar-refractivity contribution >= 4 is 27.7 Å². The average Bonchev–Trinajstić information content (AvgIpc) is 3.41. The Bertz CT molecular complexity index is 1270. The van der Waals surface area contributed by atoms with Crippen molar-refractivity contribution in [2.24, 2.45) is 0 Å². The highest BCUT2D eigenvalue weighted by Crippen LogP contribution is 2.26. The third kappa shape index (κ3) is 8.55. The predicted molar refractivity (Wildman–Crippen MR) is 168 cm³/mol. The lowest BCUT2D eigenvalue weighted by Gasteiger charge is -2.36. The van der Waals surface area contributed by atoms with Crippen LogP contribution in [0.15, 0.2) is 71.3 Å². The van der Waals surface area contributed by atoms with Crippen LogP contribution in [-0.4, -0.2) is 59.0 Å². The zero-order chi connectivity index (χ0) is 29.4. The van der Waals surface area contributed by atoms with Gasteiger partial charge in [-0.2, -0.15) is 0 Å². The van der Waals surface area contributed by atoms with Crippen LogP contribution in [0.4, 0.5) is 0 Å². The number of carbonyl (C=O) groups excluding carboxylic acids is 2. The van der Waals surface area contributed by atoms with Gasteiger partial charge in [0.2, 0.25) is 5.91 Å². The molecule has 3 aromatic rings. The molecule has 0 bridgehead atoms. The highest BCUT2D eigenvalue weighted by molar-refractivity contribution is 9.10.